The molecule has 0 aliphatic heterocycles. The molecule has 1 atom stereocenters. The lowest BCUT2D eigenvalue weighted by atomic mass is 10.1. The third-order valence-electron chi connectivity index (χ3n) is 3.30. The Bertz CT molecular complexity index is 852. The zero-order valence-corrected chi connectivity index (χ0v) is 14.6. The molecule has 4 nitrogen and oxygen atoms in total. The second-order valence-corrected chi connectivity index (χ2v) is 7.11. The number of thiazole rings is 1. The van der Waals surface area contributed by atoms with Crippen LogP contribution < -0.4 is 5.32 Å². The highest BCUT2D eigenvalue weighted by atomic mass is 35.5. The average Bonchev–Trinajstić information content (AvgIpc) is 3.25. The lowest BCUT2D eigenvalue weighted by Crippen LogP contribution is -2.31. The topological polar surface area (TPSA) is 62.2 Å². The quantitative estimate of drug-likeness (QED) is 0.697. The number of carbonyl (C=O) groups excluding carboxylic acids is 1. The van der Waals surface area contributed by atoms with Gasteiger partial charge in [-0.25, -0.2) is 9.37 Å². The van der Waals surface area contributed by atoms with E-state index in [-0.39, 0.29) is 17.3 Å². The summed E-state index contributed by atoms with van der Waals surface area (Å²) < 4.78 is 13.6. The molecule has 0 radical (unpaired) electrons. The Morgan fingerprint density at radius 2 is 2.21 bits per heavy atom. The monoisotopic (exact) mass is 382 g/mol. The van der Waals surface area contributed by atoms with Crippen molar-refractivity contribution in [1.29, 1.82) is 0 Å². The Hall–Kier alpha value is -1.80. The number of hydrogen-bond donors (Lipinski definition) is 2. The summed E-state index contributed by atoms with van der Waals surface area (Å²) in [6.07, 6.45) is 0. The average molecular weight is 383 g/mol. The Morgan fingerprint density at radius 3 is 2.88 bits per heavy atom. The number of rotatable bonds is 5. The highest BCUT2D eigenvalue weighted by Crippen LogP contribution is 2.28. The van der Waals surface area contributed by atoms with Gasteiger partial charge in [0.2, 0.25) is 0 Å². The summed E-state index contributed by atoms with van der Waals surface area (Å²) in [6.45, 7) is -0.366. The van der Waals surface area contributed by atoms with Crippen LogP contribution in [-0.2, 0) is 0 Å². The van der Waals surface area contributed by atoms with Crippen LogP contribution in [0.3, 0.4) is 0 Å². The molecule has 2 N–H and O–H groups in total. The van der Waals surface area contributed by atoms with Crippen LogP contribution in [-0.4, -0.2) is 22.6 Å². The first-order chi connectivity index (χ1) is 11.6. The van der Waals surface area contributed by atoms with Crippen LogP contribution >= 0.6 is 34.3 Å². The van der Waals surface area contributed by atoms with Crippen molar-refractivity contribution in [2.75, 3.05) is 6.61 Å². The summed E-state index contributed by atoms with van der Waals surface area (Å²) in [4.78, 5) is 17.6. The smallest absolute Gasteiger partial charge is 0.271 e. The fraction of sp³-hybridized carbons (Fsp3) is 0.125. The van der Waals surface area contributed by atoms with E-state index in [1.807, 2.05) is 17.5 Å². The SMILES string of the molecule is O=C(NC(CO)c1ccc(Cl)c(F)c1)c1csc(-c2cccs2)n1. The van der Waals surface area contributed by atoms with E-state index in [0.717, 1.165) is 9.88 Å². The van der Waals surface area contributed by atoms with Gasteiger partial charge in [-0.3, -0.25) is 4.79 Å². The molecular weight excluding hydrogens is 371 g/mol. The number of nitrogens with zero attached hydrogens (tertiary/aromatic N) is 1. The van der Waals surface area contributed by atoms with Gasteiger partial charge in [-0.2, -0.15) is 0 Å². The molecule has 24 heavy (non-hydrogen) atoms. The lowest BCUT2D eigenvalue weighted by molar-refractivity contribution is 0.0912. The first kappa shape index (κ1) is 17.0. The summed E-state index contributed by atoms with van der Waals surface area (Å²) in [5, 5.41) is 16.5. The van der Waals surface area contributed by atoms with Gasteiger partial charge in [0.25, 0.3) is 5.91 Å². The van der Waals surface area contributed by atoms with Crippen LogP contribution in [0.2, 0.25) is 5.02 Å². The number of thiophene rings is 1. The van der Waals surface area contributed by atoms with E-state index in [0.29, 0.717) is 5.56 Å². The fourth-order valence-corrected chi connectivity index (χ4v) is 3.82. The molecule has 0 aliphatic carbocycles. The lowest BCUT2D eigenvalue weighted by Gasteiger charge is -2.16. The van der Waals surface area contributed by atoms with E-state index >= 15 is 0 Å². The van der Waals surface area contributed by atoms with Crippen LogP contribution in [0.15, 0.2) is 41.1 Å². The third kappa shape index (κ3) is 3.64. The molecule has 0 saturated heterocycles. The number of carbonyl (C=O) groups is 1. The third-order valence-corrected chi connectivity index (χ3v) is 5.49. The van der Waals surface area contributed by atoms with E-state index in [9.17, 15) is 14.3 Å². The van der Waals surface area contributed by atoms with E-state index < -0.39 is 17.8 Å². The van der Waals surface area contributed by atoms with Crippen LogP contribution in [0.5, 0.6) is 0 Å². The normalized spacial score (nSPS) is 12.1. The van der Waals surface area contributed by atoms with Gasteiger partial charge >= 0.3 is 0 Å². The van der Waals surface area contributed by atoms with E-state index in [1.165, 1.54) is 23.5 Å². The fourth-order valence-electron chi connectivity index (χ4n) is 2.09. The van der Waals surface area contributed by atoms with Crippen molar-refractivity contribution in [1.82, 2.24) is 10.3 Å². The van der Waals surface area contributed by atoms with Crippen LogP contribution in [0, 0.1) is 5.82 Å². The zero-order valence-electron chi connectivity index (χ0n) is 12.2. The Kier molecular flexibility index (Phi) is 5.25. The number of aliphatic hydroxyl groups is 1. The second kappa shape index (κ2) is 7.40. The molecule has 1 aromatic carbocycles. The maximum absolute atomic E-state index is 13.6. The first-order valence-electron chi connectivity index (χ1n) is 6.94. The summed E-state index contributed by atoms with van der Waals surface area (Å²) in [6, 6.07) is 7.25. The number of amides is 1. The molecule has 1 amide bonds. The van der Waals surface area contributed by atoms with E-state index in [1.54, 1.807) is 22.8 Å². The molecule has 0 fully saturated rings. The number of hydrogen-bond acceptors (Lipinski definition) is 5. The minimum absolute atomic E-state index is 0.0122. The Balaban J connectivity index is 1.76. The van der Waals surface area contributed by atoms with Crippen molar-refractivity contribution in [3.63, 3.8) is 0 Å². The molecular formula is C16H12ClFN2O2S2. The van der Waals surface area contributed by atoms with E-state index in [2.05, 4.69) is 10.3 Å². The molecule has 0 bridgehead atoms. The molecule has 3 aromatic rings. The molecule has 2 heterocycles. The second-order valence-electron chi connectivity index (χ2n) is 4.90. The maximum Gasteiger partial charge on any atom is 0.271 e. The molecule has 0 spiro atoms. The molecule has 0 aliphatic rings. The summed E-state index contributed by atoms with van der Waals surface area (Å²) >= 11 is 8.56. The largest absolute Gasteiger partial charge is 0.394 e. The van der Waals surface area contributed by atoms with Gasteiger partial charge in [0.15, 0.2) is 0 Å². The molecule has 0 saturated carbocycles. The van der Waals surface area contributed by atoms with Crippen LogP contribution in [0.4, 0.5) is 4.39 Å². The molecule has 1 unspecified atom stereocenters. The predicted octanol–water partition coefficient (Wildman–Crippen LogP) is 4.13. The van der Waals surface area contributed by atoms with Crippen molar-refractivity contribution >= 4 is 40.2 Å². The van der Waals surface area contributed by atoms with Crippen molar-refractivity contribution in [3.8, 4) is 9.88 Å². The standard InChI is InChI=1S/C16H12ClFN2O2S2/c17-10-4-3-9(6-11(10)18)12(7-21)19-15(22)13-8-24-16(20-13)14-2-1-5-23-14/h1-6,8,12,21H,7H2,(H,19,22). The van der Waals surface area contributed by atoms with Crippen molar-refractivity contribution in [3.05, 3.63) is 63.2 Å². The van der Waals surface area contributed by atoms with Crippen LogP contribution in [0.1, 0.15) is 22.1 Å². The van der Waals surface area contributed by atoms with Crippen LogP contribution in [0.25, 0.3) is 9.88 Å². The summed E-state index contributed by atoms with van der Waals surface area (Å²) in [7, 11) is 0. The number of nitrogens with one attached hydrogen (secondary N) is 1. The van der Waals surface area contributed by atoms with Crippen molar-refractivity contribution in [2.24, 2.45) is 0 Å². The summed E-state index contributed by atoms with van der Waals surface area (Å²) in [5.41, 5.74) is 0.692. The van der Waals surface area contributed by atoms with E-state index in [4.69, 9.17) is 11.6 Å². The van der Waals surface area contributed by atoms with Gasteiger partial charge < -0.3 is 10.4 Å². The van der Waals surface area contributed by atoms with Gasteiger partial charge in [-0.1, -0.05) is 23.7 Å². The maximum atomic E-state index is 13.6. The molecule has 124 valence electrons. The highest BCUT2D eigenvalue weighted by Gasteiger charge is 2.19. The summed E-state index contributed by atoms with van der Waals surface area (Å²) in [5.74, 6) is -1.03. The molecule has 2 aromatic heterocycles. The number of halogens is 2. The van der Waals surface area contributed by atoms with Gasteiger partial charge in [0.1, 0.15) is 16.5 Å². The molecule has 3 rings (SSSR count). The van der Waals surface area contributed by atoms with Crippen molar-refractivity contribution in [2.45, 2.75) is 6.04 Å². The number of aromatic nitrogens is 1. The van der Waals surface area contributed by atoms with Gasteiger partial charge in [0.05, 0.1) is 22.5 Å². The minimum Gasteiger partial charge on any atom is -0.394 e. The zero-order chi connectivity index (χ0) is 17.1. The number of benzene rings is 1. The van der Waals surface area contributed by atoms with Gasteiger partial charge in [-0.05, 0) is 29.1 Å². The first-order valence-corrected chi connectivity index (χ1v) is 9.08. The highest BCUT2D eigenvalue weighted by molar-refractivity contribution is 7.20. The number of aliphatic hydroxyl groups excluding tert-OH is 1. The Morgan fingerprint density at radius 1 is 1.38 bits per heavy atom. The minimum atomic E-state index is -0.740. The Labute approximate surface area is 150 Å². The van der Waals surface area contributed by atoms with Gasteiger partial charge in [0, 0.05) is 5.38 Å². The van der Waals surface area contributed by atoms with Crippen molar-refractivity contribution < 1.29 is 14.3 Å². The van der Waals surface area contributed by atoms with Gasteiger partial charge in [-0.15, -0.1) is 22.7 Å². The predicted molar refractivity (Wildman–Crippen MR) is 94.1 cm³/mol. The molecule has 8 heteroatoms.